The molecule has 0 spiro atoms. The summed E-state index contributed by atoms with van der Waals surface area (Å²) in [5.41, 5.74) is 2.30. The predicted octanol–water partition coefficient (Wildman–Crippen LogP) is 4.51. The Morgan fingerprint density at radius 3 is 2.81 bits per heavy atom. The lowest BCUT2D eigenvalue weighted by molar-refractivity contribution is 0.459. The molecule has 0 aliphatic carbocycles. The first kappa shape index (κ1) is 16.3. The van der Waals surface area contributed by atoms with Gasteiger partial charge in [-0.1, -0.05) is 20.3 Å². The minimum absolute atomic E-state index is 0.139. The third-order valence-electron chi connectivity index (χ3n) is 4.73. The van der Waals surface area contributed by atoms with Crippen LogP contribution in [-0.4, -0.2) is 19.6 Å². The Morgan fingerprint density at radius 1 is 1.29 bits per heavy atom. The van der Waals surface area contributed by atoms with Gasteiger partial charge < -0.3 is 10.2 Å². The zero-order valence-corrected chi connectivity index (χ0v) is 13.7. The summed E-state index contributed by atoms with van der Waals surface area (Å²) in [5.74, 6) is 0.713. The summed E-state index contributed by atoms with van der Waals surface area (Å²) in [7, 11) is 0. The molecule has 21 heavy (non-hydrogen) atoms. The topological polar surface area (TPSA) is 15.3 Å². The second kappa shape index (κ2) is 7.79. The van der Waals surface area contributed by atoms with Crippen LogP contribution in [0, 0.1) is 11.7 Å². The van der Waals surface area contributed by atoms with Gasteiger partial charge in [-0.3, -0.25) is 0 Å². The van der Waals surface area contributed by atoms with E-state index in [1.165, 1.54) is 31.4 Å². The standard InChI is InChI=1S/C18H29FN2/c1-4-15-7-6-11-21(12-10-15)18-9-8-16(19)13-17(18)14(3)20-5-2/h8-9,13-15,20H,4-7,10-12H2,1-3H3. The first-order valence-electron chi connectivity index (χ1n) is 8.43. The summed E-state index contributed by atoms with van der Waals surface area (Å²) in [4.78, 5) is 2.46. The maximum absolute atomic E-state index is 13.7. The molecule has 1 aromatic carbocycles. The number of rotatable bonds is 5. The quantitative estimate of drug-likeness (QED) is 0.859. The third kappa shape index (κ3) is 4.19. The molecule has 1 heterocycles. The van der Waals surface area contributed by atoms with Gasteiger partial charge in [-0.15, -0.1) is 0 Å². The van der Waals surface area contributed by atoms with Gasteiger partial charge in [0, 0.05) is 24.8 Å². The van der Waals surface area contributed by atoms with E-state index in [2.05, 4.69) is 31.0 Å². The summed E-state index contributed by atoms with van der Waals surface area (Å²) < 4.78 is 13.7. The normalized spacial score (nSPS) is 21.1. The van der Waals surface area contributed by atoms with Gasteiger partial charge >= 0.3 is 0 Å². The zero-order valence-electron chi connectivity index (χ0n) is 13.7. The Bertz CT molecular complexity index is 447. The molecule has 0 amide bonds. The van der Waals surface area contributed by atoms with Crippen LogP contribution in [0.2, 0.25) is 0 Å². The van der Waals surface area contributed by atoms with Crippen molar-refractivity contribution in [2.75, 3.05) is 24.5 Å². The number of benzene rings is 1. The maximum Gasteiger partial charge on any atom is 0.123 e. The van der Waals surface area contributed by atoms with E-state index in [0.29, 0.717) is 0 Å². The molecule has 2 unspecified atom stereocenters. The van der Waals surface area contributed by atoms with Crippen LogP contribution >= 0.6 is 0 Å². The highest BCUT2D eigenvalue weighted by atomic mass is 19.1. The van der Waals surface area contributed by atoms with Crippen LogP contribution in [0.25, 0.3) is 0 Å². The molecule has 1 aromatic rings. The molecule has 1 saturated heterocycles. The van der Waals surface area contributed by atoms with Crippen molar-refractivity contribution in [2.45, 2.75) is 52.5 Å². The van der Waals surface area contributed by atoms with Crippen molar-refractivity contribution in [3.63, 3.8) is 0 Å². The van der Waals surface area contributed by atoms with Gasteiger partial charge in [0.2, 0.25) is 0 Å². The van der Waals surface area contributed by atoms with Crippen molar-refractivity contribution in [2.24, 2.45) is 5.92 Å². The monoisotopic (exact) mass is 292 g/mol. The van der Waals surface area contributed by atoms with Crippen molar-refractivity contribution < 1.29 is 4.39 Å². The fraction of sp³-hybridized carbons (Fsp3) is 0.667. The van der Waals surface area contributed by atoms with Crippen LogP contribution < -0.4 is 10.2 Å². The van der Waals surface area contributed by atoms with Crippen LogP contribution in [0.1, 0.15) is 58.1 Å². The van der Waals surface area contributed by atoms with E-state index in [1.807, 2.05) is 6.07 Å². The highest BCUT2D eigenvalue weighted by Crippen LogP contribution is 2.30. The van der Waals surface area contributed by atoms with Gasteiger partial charge in [0.15, 0.2) is 0 Å². The predicted molar refractivity (Wildman–Crippen MR) is 88.3 cm³/mol. The first-order chi connectivity index (χ1) is 10.2. The fourth-order valence-corrected chi connectivity index (χ4v) is 3.39. The van der Waals surface area contributed by atoms with Crippen LogP contribution in [0.15, 0.2) is 18.2 Å². The van der Waals surface area contributed by atoms with Crippen molar-refractivity contribution in [1.29, 1.82) is 0 Å². The molecule has 118 valence electrons. The molecule has 2 nitrogen and oxygen atoms in total. The molecular weight excluding hydrogens is 263 g/mol. The van der Waals surface area contributed by atoms with E-state index in [9.17, 15) is 4.39 Å². The molecule has 0 radical (unpaired) electrons. The van der Waals surface area contributed by atoms with Crippen LogP contribution in [0.4, 0.5) is 10.1 Å². The largest absolute Gasteiger partial charge is 0.371 e. The number of nitrogens with one attached hydrogen (secondary N) is 1. The molecule has 0 bridgehead atoms. The summed E-state index contributed by atoms with van der Waals surface area (Å²) in [6, 6.07) is 5.45. The minimum atomic E-state index is -0.139. The molecular formula is C18H29FN2. The van der Waals surface area contributed by atoms with E-state index in [0.717, 1.165) is 31.1 Å². The molecule has 1 aliphatic rings. The second-order valence-electron chi connectivity index (χ2n) is 6.17. The lowest BCUT2D eigenvalue weighted by Gasteiger charge is -2.28. The van der Waals surface area contributed by atoms with Gasteiger partial charge in [-0.2, -0.15) is 0 Å². The Kier molecular flexibility index (Phi) is 6.04. The first-order valence-corrected chi connectivity index (χ1v) is 8.43. The van der Waals surface area contributed by atoms with Crippen molar-refractivity contribution >= 4 is 5.69 Å². The molecule has 1 fully saturated rings. The van der Waals surface area contributed by atoms with Crippen LogP contribution in [0.5, 0.6) is 0 Å². The Labute approximate surface area is 128 Å². The zero-order chi connectivity index (χ0) is 15.2. The van der Waals surface area contributed by atoms with Crippen LogP contribution in [-0.2, 0) is 0 Å². The van der Waals surface area contributed by atoms with E-state index < -0.39 is 0 Å². The number of anilines is 1. The molecule has 0 saturated carbocycles. The molecule has 2 rings (SSSR count). The minimum Gasteiger partial charge on any atom is -0.371 e. The van der Waals surface area contributed by atoms with E-state index in [4.69, 9.17) is 0 Å². The van der Waals surface area contributed by atoms with Gasteiger partial charge in [0.25, 0.3) is 0 Å². The lowest BCUT2D eigenvalue weighted by Crippen LogP contribution is -2.28. The number of hydrogen-bond acceptors (Lipinski definition) is 2. The molecule has 0 aromatic heterocycles. The number of halogens is 1. The van der Waals surface area contributed by atoms with E-state index in [-0.39, 0.29) is 11.9 Å². The highest BCUT2D eigenvalue weighted by Gasteiger charge is 2.20. The van der Waals surface area contributed by atoms with Crippen LogP contribution in [0.3, 0.4) is 0 Å². The van der Waals surface area contributed by atoms with E-state index in [1.54, 1.807) is 12.1 Å². The number of hydrogen-bond donors (Lipinski definition) is 1. The van der Waals surface area contributed by atoms with Gasteiger partial charge in [0.1, 0.15) is 5.82 Å². The van der Waals surface area contributed by atoms with Gasteiger partial charge in [0.05, 0.1) is 0 Å². The second-order valence-corrected chi connectivity index (χ2v) is 6.17. The fourth-order valence-electron chi connectivity index (χ4n) is 3.39. The van der Waals surface area contributed by atoms with Gasteiger partial charge in [-0.25, -0.2) is 4.39 Å². The van der Waals surface area contributed by atoms with Crippen molar-refractivity contribution in [3.8, 4) is 0 Å². The number of nitrogens with zero attached hydrogens (tertiary/aromatic N) is 1. The molecule has 1 N–H and O–H groups in total. The van der Waals surface area contributed by atoms with Gasteiger partial charge in [-0.05, 0) is 62.4 Å². The van der Waals surface area contributed by atoms with Crippen molar-refractivity contribution in [3.05, 3.63) is 29.6 Å². The summed E-state index contributed by atoms with van der Waals surface area (Å²) in [6.45, 7) is 9.58. The molecule has 2 atom stereocenters. The maximum atomic E-state index is 13.7. The summed E-state index contributed by atoms with van der Waals surface area (Å²) in [6.07, 6.45) is 5.10. The third-order valence-corrected chi connectivity index (χ3v) is 4.73. The van der Waals surface area contributed by atoms with E-state index >= 15 is 0 Å². The SMILES string of the molecule is CCNC(C)c1cc(F)ccc1N1CCCC(CC)CC1. The Balaban J connectivity index is 2.21. The summed E-state index contributed by atoms with van der Waals surface area (Å²) in [5, 5.41) is 3.41. The van der Waals surface area contributed by atoms with Crippen molar-refractivity contribution in [1.82, 2.24) is 5.32 Å². The Hall–Kier alpha value is -1.09. The molecule has 1 aliphatic heterocycles. The smallest absolute Gasteiger partial charge is 0.123 e. The molecule has 3 heteroatoms. The Morgan fingerprint density at radius 2 is 2.10 bits per heavy atom. The lowest BCUT2D eigenvalue weighted by atomic mass is 9.98. The average molecular weight is 292 g/mol. The average Bonchev–Trinajstić information content (AvgIpc) is 2.73. The highest BCUT2D eigenvalue weighted by molar-refractivity contribution is 5.55. The summed E-state index contributed by atoms with van der Waals surface area (Å²) >= 11 is 0.